The number of nitrogens with zero attached hydrogens (tertiary/aromatic N) is 2. The number of carbonyl (C=O) groups excluding carboxylic acids is 1. The van der Waals surface area contributed by atoms with Crippen molar-refractivity contribution in [1.82, 2.24) is 15.4 Å². The van der Waals surface area contributed by atoms with Crippen LogP contribution in [0.4, 0.5) is 4.79 Å². The minimum absolute atomic E-state index is 0.0741. The highest BCUT2D eigenvalue weighted by atomic mass is 16.5. The molecular weight excluding hydrogens is 302 g/mol. The van der Waals surface area contributed by atoms with Crippen molar-refractivity contribution in [2.75, 3.05) is 0 Å². The third-order valence-corrected chi connectivity index (χ3v) is 3.84. The van der Waals surface area contributed by atoms with Crippen molar-refractivity contribution in [3.05, 3.63) is 41.1 Å². The van der Waals surface area contributed by atoms with Crippen molar-refractivity contribution in [3.8, 4) is 11.3 Å². The van der Waals surface area contributed by atoms with Gasteiger partial charge in [0.2, 0.25) is 0 Å². The number of aryl methyl sites for hydroxylation is 2. The van der Waals surface area contributed by atoms with Gasteiger partial charge in [-0.25, -0.2) is 4.79 Å². The van der Waals surface area contributed by atoms with E-state index in [1.54, 1.807) is 4.90 Å². The van der Waals surface area contributed by atoms with E-state index < -0.39 is 0 Å². The predicted octanol–water partition coefficient (Wildman–Crippen LogP) is 4.29. The molecular formula is C19H27N3O2. The van der Waals surface area contributed by atoms with Crippen LogP contribution in [0.3, 0.4) is 0 Å². The Kier molecular flexibility index (Phi) is 5.65. The van der Waals surface area contributed by atoms with Crippen LogP contribution in [0.5, 0.6) is 0 Å². The van der Waals surface area contributed by atoms with Gasteiger partial charge in [-0.1, -0.05) is 28.9 Å². The molecule has 1 heterocycles. The molecule has 0 saturated heterocycles. The van der Waals surface area contributed by atoms with Crippen LogP contribution in [0, 0.1) is 13.8 Å². The number of rotatable bonds is 5. The van der Waals surface area contributed by atoms with Gasteiger partial charge in [0.1, 0.15) is 5.69 Å². The van der Waals surface area contributed by atoms with E-state index in [0.717, 1.165) is 22.6 Å². The van der Waals surface area contributed by atoms with Gasteiger partial charge in [-0.2, -0.15) is 0 Å². The number of urea groups is 1. The van der Waals surface area contributed by atoms with Gasteiger partial charge < -0.3 is 14.7 Å². The lowest BCUT2D eigenvalue weighted by Crippen LogP contribution is -2.45. The van der Waals surface area contributed by atoms with Crippen molar-refractivity contribution in [3.63, 3.8) is 0 Å². The maximum Gasteiger partial charge on any atom is 0.318 e. The van der Waals surface area contributed by atoms with E-state index in [0.29, 0.717) is 6.54 Å². The molecule has 0 atom stereocenters. The Bertz CT molecular complexity index is 704. The first-order valence-corrected chi connectivity index (χ1v) is 8.38. The molecule has 0 unspecified atom stereocenters. The van der Waals surface area contributed by atoms with Gasteiger partial charge in [0.25, 0.3) is 0 Å². The van der Waals surface area contributed by atoms with Crippen LogP contribution >= 0.6 is 0 Å². The summed E-state index contributed by atoms with van der Waals surface area (Å²) in [7, 11) is 0. The highest BCUT2D eigenvalue weighted by Gasteiger charge is 2.20. The zero-order valence-electron chi connectivity index (χ0n) is 15.4. The van der Waals surface area contributed by atoms with Crippen molar-refractivity contribution < 1.29 is 9.32 Å². The van der Waals surface area contributed by atoms with E-state index in [4.69, 9.17) is 4.52 Å². The Balaban J connectivity index is 2.18. The summed E-state index contributed by atoms with van der Waals surface area (Å²) in [5, 5.41) is 7.07. The molecule has 130 valence electrons. The minimum Gasteiger partial charge on any atom is -0.356 e. The summed E-state index contributed by atoms with van der Waals surface area (Å²) in [4.78, 5) is 14.1. The van der Waals surface area contributed by atoms with Gasteiger partial charge in [0.15, 0.2) is 5.76 Å². The summed E-state index contributed by atoms with van der Waals surface area (Å²) in [6.45, 7) is 12.4. The molecule has 5 heteroatoms. The summed E-state index contributed by atoms with van der Waals surface area (Å²) >= 11 is 0. The fourth-order valence-corrected chi connectivity index (χ4v) is 2.60. The lowest BCUT2D eigenvalue weighted by Gasteiger charge is -2.27. The maximum absolute atomic E-state index is 12.3. The molecule has 0 fully saturated rings. The average molecular weight is 329 g/mol. The standard InChI is InChI=1S/C19H27N3O2/c1-12(2)20-19(23)22(13(3)4)11-16-10-18(24-21-16)17-8-7-14(5)9-15(17)6/h7-10,12-13H,11H2,1-6H3,(H,20,23). The first-order valence-electron chi connectivity index (χ1n) is 8.38. The average Bonchev–Trinajstić information content (AvgIpc) is 2.91. The zero-order chi connectivity index (χ0) is 17.9. The molecule has 0 saturated carbocycles. The summed E-state index contributed by atoms with van der Waals surface area (Å²) in [6, 6.07) is 8.22. The van der Waals surface area contributed by atoms with Crippen molar-refractivity contribution in [1.29, 1.82) is 0 Å². The Morgan fingerprint density at radius 3 is 2.50 bits per heavy atom. The molecule has 0 aliphatic carbocycles. The predicted molar refractivity (Wildman–Crippen MR) is 95.8 cm³/mol. The number of nitrogens with one attached hydrogen (secondary N) is 1. The Morgan fingerprint density at radius 2 is 1.92 bits per heavy atom. The first kappa shape index (κ1) is 18.0. The normalized spacial score (nSPS) is 11.2. The second kappa shape index (κ2) is 7.51. The SMILES string of the molecule is Cc1ccc(-c2cc(CN(C(=O)NC(C)C)C(C)C)no2)c(C)c1. The van der Waals surface area contributed by atoms with E-state index in [1.807, 2.05) is 39.8 Å². The molecule has 24 heavy (non-hydrogen) atoms. The van der Waals surface area contributed by atoms with Crippen LogP contribution in [-0.2, 0) is 6.54 Å². The molecule has 5 nitrogen and oxygen atoms in total. The van der Waals surface area contributed by atoms with E-state index >= 15 is 0 Å². The van der Waals surface area contributed by atoms with Crippen LogP contribution in [0.1, 0.15) is 44.5 Å². The molecule has 0 aliphatic heterocycles. The lowest BCUT2D eigenvalue weighted by molar-refractivity contribution is 0.175. The Labute approximate surface area is 144 Å². The molecule has 2 aromatic rings. The summed E-state index contributed by atoms with van der Waals surface area (Å²) in [5.74, 6) is 0.732. The molecule has 0 aliphatic rings. The van der Waals surface area contributed by atoms with Gasteiger partial charge >= 0.3 is 6.03 Å². The van der Waals surface area contributed by atoms with Crippen LogP contribution in [0.2, 0.25) is 0 Å². The van der Waals surface area contributed by atoms with E-state index in [1.165, 1.54) is 5.56 Å². The Hall–Kier alpha value is -2.30. The number of aromatic nitrogens is 1. The van der Waals surface area contributed by atoms with Gasteiger partial charge in [0, 0.05) is 23.7 Å². The van der Waals surface area contributed by atoms with Gasteiger partial charge in [-0.3, -0.25) is 0 Å². The number of benzene rings is 1. The molecule has 0 radical (unpaired) electrons. The number of hydrogen-bond donors (Lipinski definition) is 1. The highest BCUT2D eigenvalue weighted by Crippen LogP contribution is 2.25. The first-order chi connectivity index (χ1) is 11.3. The molecule has 0 bridgehead atoms. The monoisotopic (exact) mass is 329 g/mol. The second-order valence-corrected chi connectivity index (χ2v) is 6.83. The van der Waals surface area contributed by atoms with Crippen molar-refractivity contribution in [2.45, 2.75) is 60.2 Å². The topological polar surface area (TPSA) is 58.4 Å². The van der Waals surface area contributed by atoms with Crippen molar-refractivity contribution >= 4 is 6.03 Å². The van der Waals surface area contributed by atoms with E-state index in [-0.39, 0.29) is 18.1 Å². The van der Waals surface area contributed by atoms with Crippen LogP contribution in [-0.4, -0.2) is 28.2 Å². The number of amides is 2. The number of carbonyl (C=O) groups is 1. The smallest absolute Gasteiger partial charge is 0.318 e. The zero-order valence-corrected chi connectivity index (χ0v) is 15.4. The number of hydrogen-bond acceptors (Lipinski definition) is 3. The molecule has 1 aromatic carbocycles. The Morgan fingerprint density at radius 1 is 1.21 bits per heavy atom. The molecule has 1 N–H and O–H groups in total. The third-order valence-electron chi connectivity index (χ3n) is 3.84. The maximum atomic E-state index is 12.3. The summed E-state index contributed by atoms with van der Waals surface area (Å²) in [5.41, 5.74) is 4.14. The van der Waals surface area contributed by atoms with Crippen molar-refractivity contribution in [2.24, 2.45) is 0 Å². The van der Waals surface area contributed by atoms with Gasteiger partial charge in [-0.15, -0.1) is 0 Å². The largest absolute Gasteiger partial charge is 0.356 e. The lowest BCUT2D eigenvalue weighted by atomic mass is 10.0. The second-order valence-electron chi connectivity index (χ2n) is 6.83. The van der Waals surface area contributed by atoms with E-state index in [2.05, 4.69) is 36.5 Å². The molecule has 0 spiro atoms. The fourth-order valence-electron chi connectivity index (χ4n) is 2.60. The summed E-state index contributed by atoms with van der Waals surface area (Å²) in [6.07, 6.45) is 0. The quantitative estimate of drug-likeness (QED) is 0.890. The third kappa shape index (κ3) is 4.37. The fraction of sp³-hybridized carbons (Fsp3) is 0.474. The minimum atomic E-state index is -0.0870. The van der Waals surface area contributed by atoms with Crippen LogP contribution < -0.4 is 5.32 Å². The molecule has 2 amide bonds. The molecule has 2 rings (SSSR count). The molecule has 1 aromatic heterocycles. The highest BCUT2D eigenvalue weighted by molar-refractivity contribution is 5.74. The van der Waals surface area contributed by atoms with Gasteiger partial charge in [0.05, 0.1) is 6.54 Å². The van der Waals surface area contributed by atoms with Crippen LogP contribution in [0.15, 0.2) is 28.8 Å². The summed E-state index contributed by atoms with van der Waals surface area (Å²) < 4.78 is 5.50. The van der Waals surface area contributed by atoms with Gasteiger partial charge in [-0.05, 0) is 47.1 Å². The van der Waals surface area contributed by atoms with E-state index in [9.17, 15) is 4.79 Å². The van der Waals surface area contributed by atoms with Crippen LogP contribution in [0.25, 0.3) is 11.3 Å².